The van der Waals surface area contributed by atoms with E-state index in [1.807, 2.05) is 5.32 Å². The van der Waals surface area contributed by atoms with Crippen molar-refractivity contribution in [2.75, 3.05) is 13.1 Å². The van der Waals surface area contributed by atoms with Gasteiger partial charge in [0.2, 0.25) is 0 Å². The maximum absolute atomic E-state index is 11.7. The fourth-order valence-corrected chi connectivity index (χ4v) is 2.00. The van der Waals surface area contributed by atoms with E-state index in [-0.39, 0.29) is 0 Å². The van der Waals surface area contributed by atoms with Gasteiger partial charge in [-0.3, -0.25) is 15.4 Å². The molecule has 2 rings (SSSR count). The summed E-state index contributed by atoms with van der Waals surface area (Å²) in [6, 6.07) is 2.04. The van der Waals surface area contributed by atoms with Gasteiger partial charge in [0.05, 0.1) is 6.26 Å². The van der Waals surface area contributed by atoms with Crippen LogP contribution in [0, 0.1) is 0 Å². The van der Waals surface area contributed by atoms with E-state index < -0.39 is 18.0 Å². The van der Waals surface area contributed by atoms with Crippen molar-refractivity contribution < 1.29 is 18.8 Å². The summed E-state index contributed by atoms with van der Waals surface area (Å²) in [5.74, 6) is -0.134. The van der Waals surface area contributed by atoms with E-state index in [9.17, 15) is 14.4 Å². The molecule has 0 unspecified atom stereocenters. The van der Waals surface area contributed by atoms with Crippen LogP contribution < -0.4 is 10.6 Å². The molecular formula is C14H17N3O4. The number of amides is 5. The lowest BCUT2D eigenvalue weighted by Crippen LogP contribution is -2.49. The van der Waals surface area contributed by atoms with E-state index in [2.05, 4.69) is 5.32 Å². The average molecular weight is 291 g/mol. The number of carbonyl (C=O) groups is 3. The maximum Gasteiger partial charge on any atom is 0.329 e. The van der Waals surface area contributed by atoms with Crippen LogP contribution in [-0.4, -0.2) is 36.0 Å². The summed E-state index contributed by atoms with van der Waals surface area (Å²) < 4.78 is 5.00. The lowest BCUT2D eigenvalue weighted by molar-refractivity contribution is -0.115. The summed E-state index contributed by atoms with van der Waals surface area (Å²) in [4.78, 5) is 36.3. The molecular weight excluding hydrogens is 274 g/mol. The van der Waals surface area contributed by atoms with Crippen molar-refractivity contribution >= 4 is 24.0 Å². The number of hydrogen-bond acceptors (Lipinski definition) is 4. The Morgan fingerprint density at radius 1 is 1.14 bits per heavy atom. The zero-order valence-electron chi connectivity index (χ0n) is 11.5. The highest BCUT2D eigenvalue weighted by atomic mass is 16.3. The van der Waals surface area contributed by atoms with Gasteiger partial charge in [-0.05, 0) is 37.5 Å². The number of imide groups is 2. The minimum atomic E-state index is -0.834. The fourth-order valence-electron chi connectivity index (χ4n) is 2.00. The first-order valence-electron chi connectivity index (χ1n) is 6.77. The third kappa shape index (κ3) is 4.79. The number of rotatable bonds is 2. The third-order valence-corrected chi connectivity index (χ3v) is 3.04. The second-order valence-electron chi connectivity index (χ2n) is 4.64. The molecule has 0 aromatic carbocycles. The Bertz CT molecular complexity index is 530. The monoisotopic (exact) mass is 291 g/mol. The quantitative estimate of drug-likeness (QED) is 0.812. The highest BCUT2D eigenvalue weighted by molar-refractivity contribution is 6.06. The molecule has 7 heteroatoms. The first kappa shape index (κ1) is 14.8. The normalized spacial score (nSPS) is 15.0. The van der Waals surface area contributed by atoms with Gasteiger partial charge in [-0.25, -0.2) is 9.59 Å². The molecule has 1 fully saturated rings. The van der Waals surface area contributed by atoms with Gasteiger partial charge < -0.3 is 9.32 Å². The summed E-state index contributed by atoms with van der Waals surface area (Å²) >= 11 is 0. The second-order valence-corrected chi connectivity index (χ2v) is 4.64. The van der Waals surface area contributed by atoms with Gasteiger partial charge in [0.1, 0.15) is 5.76 Å². The Labute approximate surface area is 122 Å². The van der Waals surface area contributed by atoms with Crippen molar-refractivity contribution in [1.82, 2.24) is 15.5 Å². The molecule has 0 bridgehead atoms. The molecule has 0 spiro atoms. The number of nitrogens with zero attached hydrogens (tertiary/aromatic N) is 1. The molecule has 7 nitrogen and oxygen atoms in total. The van der Waals surface area contributed by atoms with Crippen molar-refractivity contribution in [1.29, 1.82) is 0 Å². The Morgan fingerprint density at radius 2 is 1.90 bits per heavy atom. The second kappa shape index (κ2) is 7.28. The summed E-state index contributed by atoms with van der Waals surface area (Å²) in [6.07, 6.45) is 7.01. The van der Waals surface area contributed by atoms with Crippen LogP contribution in [0.15, 0.2) is 28.9 Å². The van der Waals surface area contributed by atoms with Gasteiger partial charge >= 0.3 is 12.1 Å². The van der Waals surface area contributed by atoms with Crippen LogP contribution in [0.1, 0.15) is 25.0 Å². The van der Waals surface area contributed by atoms with Crippen molar-refractivity contribution in [3.05, 3.63) is 30.2 Å². The smallest absolute Gasteiger partial charge is 0.329 e. The lowest BCUT2D eigenvalue weighted by atomic mass is 10.1. The molecule has 2 N–H and O–H groups in total. The number of carbonyl (C=O) groups excluding carboxylic acids is 3. The van der Waals surface area contributed by atoms with Gasteiger partial charge in [0.15, 0.2) is 0 Å². The number of piperidine rings is 1. The van der Waals surface area contributed by atoms with Gasteiger partial charge in [-0.2, -0.15) is 0 Å². The van der Waals surface area contributed by atoms with Crippen molar-refractivity contribution in [3.63, 3.8) is 0 Å². The van der Waals surface area contributed by atoms with Crippen molar-refractivity contribution in [3.8, 4) is 0 Å². The summed E-state index contributed by atoms with van der Waals surface area (Å²) in [6.45, 7) is 1.26. The van der Waals surface area contributed by atoms with Gasteiger partial charge in [0.25, 0.3) is 5.91 Å². The van der Waals surface area contributed by atoms with Crippen LogP contribution in [0.3, 0.4) is 0 Å². The molecule has 5 amide bonds. The fraction of sp³-hybridized carbons (Fsp3) is 0.357. The predicted molar refractivity (Wildman–Crippen MR) is 75.2 cm³/mol. The zero-order chi connectivity index (χ0) is 15.1. The molecule has 1 aromatic heterocycles. The minimum absolute atomic E-state index is 0.477. The van der Waals surface area contributed by atoms with E-state index in [0.29, 0.717) is 18.8 Å². The molecule has 0 saturated carbocycles. The maximum atomic E-state index is 11.7. The van der Waals surface area contributed by atoms with Gasteiger partial charge in [-0.15, -0.1) is 0 Å². The Kier molecular flexibility index (Phi) is 5.14. The zero-order valence-corrected chi connectivity index (χ0v) is 11.5. The van der Waals surface area contributed by atoms with Gasteiger partial charge in [-0.1, -0.05) is 0 Å². The molecule has 1 aromatic rings. The lowest BCUT2D eigenvalue weighted by Gasteiger charge is -2.26. The van der Waals surface area contributed by atoms with Gasteiger partial charge in [0, 0.05) is 19.2 Å². The highest BCUT2D eigenvalue weighted by Crippen LogP contribution is 2.08. The molecule has 21 heavy (non-hydrogen) atoms. The van der Waals surface area contributed by atoms with E-state index in [1.54, 1.807) is 17.0 Å². The molecule has 0 atom stereocenters. The number of furan rings is 1. The van der Waals surface area contributed by atoms with Crippen LogP contribution in [-0.2, 0) is 4.79 Å². The van der Waals surface area contributed by atoms with Crippen LogP contribution in [0.5, 0.6) is 0 Å². The first-order valence-corrected chi connectivity index (χ1v) is 6.77. The average Bonchev–Trinajstić information content (AvgIpc) is 2.99. The minimum Gasteiger partial charge on any atom is -0.465 e. The predicted octanol–water partition coefficient (Wildman–Crippen LogP) is 1.72. The first-order chi connectivity index (χ1) is 10.1. The van der Waals surface area contributed by atoms with E-state index in [0.717, 1.165) is 25.3 Å². The summed E-state index contributed by atoms with van der Waals surface area (Å²) in [5, 5.41) is 4.18. The van der Waals surface area contributed by atoms with Crippen LogP contribution in [0.2, 0.25) is 0 Å². The number of urea groups is 2. The Balaban J connectivity index is 1.75. The highest BCUT2D eigenvalue weighted by Gasteiger charge is 2.18. The van der Waals surface area contributed by atoms with E-state index in [1.165, 1.54) is 12.3 Å². The largest absolute Gasteiger partial charge is 0.465 e. The Hall–Kier alpha value is -2.57. The molecule has 0 aliphatic carbocycles. The standard InChI is InChI=1S/C14H17N3O4/c18-12(7-6-11-5-4-10-21-11)15-13(19)16-14(20)17-8-2-1-3-9-17/h4-7,10H,1-3,8-9H2,(H2,15,16,18,19,20). The van der Waals surface area contributed by atoms with Crippen LogP contribution >= 0.6 is 0 Å². The molecule has 1 saturated heterocycles. The topological polar surface area (TPSA) is 91.6 Å². The molecule has 2 heterocycles. The number of likely N-dealkylation sites (tertiary alicyclic amines) is 1. The Morgan fingerprint density at radius 3 is 2.57 bits per heavy atom. The third-order valence-electron chi connectivity index (χ3n) is 3.04. The number of hydrogen-bond donors (Lipinski definition) is 2. The van der Waals surface area contributed by atoms with Crippen molar-refractivity contribution in [2.24, 2.45) is 0 Å². The van der Waals surface area contributed by atoms with E-state index >= 15 is 0 Å². The van der Waals surface area contributed by atoms with E-state index in [4.69, 9.17) is 4.42 Å². The molecule has 0 radical (unpaired) electrons. The van der Waals surface area contributed by atoms with Crippen LogP contribution in [0.25, 0.3) is 6.08 Å². The van der Waals surface area contributed by atoms with Crippen LogP contribution in [0.4, 0.5) is 9.59 Å². The SMILES string of the molecule is O=C(C=Cc1ccco1)NC(=O)NC(=O)N1CCCCC1. The summed E-state index contributed by atoms with van der Waals surface area (Å²) in [7, 11) is 0. The summed E-state index contributed by atoms with van der Waals surface area (Å²) in [5.41, 5.74) is 0. The molecule has 1 aliphatic rings. The number of nitrogens with one attached hydrogen (secondary N) is 2. The molecule has 112 valence electrons. The van der Waals surface area contributed by atoms with Crippen molar-refractivity contribution in [2.45, 2.75) is 19.3 Å². The molecule has 1 aliphatic heterocycles.